The van der Waals surface area contributed by atoms with Gasteiger partial charge in [0.1, 0.15) is 0 Å². The first-order chi connectivity index (χ1) is 31.2. The third-order valence-electron chi connectivity index (χ3n) is 12.9. The highest BCUT2D eigenvalue weighted by atomic mass is 15.0. The van der Waals surface area contributed by atoms with Gasteiger partial charge in [-0.05, 0) is 119 Å². The second-order valence-corrected chi connectivity index (χ2v) is 16.4. The van der Waals surface area contributed by atoms with Crippen LogP contribution in [0.4, 0.5) is 0 Å². The van der Waals surface area contributed by atoms with E-state index in [0.717, 1.165) is 33.6 Å². The second kappa shape index (κ2) is 14.1. The van der Waals surface area contributed by atoms with E-state index in [2.05, 4.69) is 232 Å². The van der Waals surface area contributed by atoms with Crippen molar-refractivity contribution in [3.8, 4) is 50.4 Å². The smallest absolute Gasteiger partial charge is 0.0541 e. The molecule has 0 aliphatic heterocycles. The van der Waals surface area contributed by atoms with Crippen LogP contribution < -0.4 is 0 Å². The summed E-state index contributed by atoms with van der Waals surface area (Å²) in [6.45, 7) is 0. The van der Waals surface area contributed by atoms with Crippen molar-refractivity contribution in [3.63, 3.8) is 0 Å². The first-order valence-electron chi connectivity index (χ1n) is 21.5. The summed E-state index contributed by atoms with van der Waals surface area (Å²) in [4.78, 5) is 4.75. The Morgan fingerprint density at radius 1 is 0.222 bits per heavy atom. The molecule has 294 valence electrons. The summed E-state index contributed by atoms with van der Waals surface area (Å²) in [5, 5.41) is 7.45. The molecule has 4 nitrogen and oxygen atoms in total. The van der Waals surface area contributed by atoms with Crippen LogP contribution >= 0.6 is 0 Å². The molecule has 0 N–H and O–H groups in total. The first kappa shape index (κ1) is 35.3. The quantitative estimate of drug-likeness (QED) is 0.165. The molecule has 13 aromatic rings. The molecule has 0 amide bonds. The Labute approximate surface area is 363 Å². The molecule has 13 rings (SSSR count). The number of hydrogen-bond acceptors (Lipinski definition) is 1. The summed E-state index contributed by atoms with van der Waals surface area (Å²) < 4.78 is 7.12. The zero-order valence-corrected chi connectivity index (χ0v) is 34.2. The van der Waals surface area contributed by atoms with Crippen molar-refractivity contribution in [1.29, 1.82) is 0 Å². The number of hydrogen-bond donors (Lipinski definition) is 0. The Bertz CT molecular complexity index is 3890. The van der Waals surface area contributed by atoms with Crippen LogP contribution in [0.15, 0.2) is 231 Å². The summed E-state index contributed by atoms with van der Waals surface area (Å²) in [6, 6.07) is 79.2. The minimum absolute atomic E-state index is 1.08. The van der Waals surface area contributed by atoms with Crippen LogP contribution in [0.25, 0.3) is 116 Å². The van der Waals surface area contributed by atoms with Gasteiger partial charge >= 0.3 is 0 Å². The molecule has 0 atom stereocenters. The molecule has 4 aromatic heterocycles. The SMILES string of the molecule is c1ccc(-n2c3ccccc3c3cc(-c4cncc(-c5ccc(-n6c7ccccc7c7cc(-c8ccc9c(c8)c8ccccc8n9-c8ccccc8)ccc76)cc5)c4)ccc32)cc1. The van der Waals surface area contributed by atoms with E-state index in [1.54, 1.807) is 0 Å². The fourth-order valence-corrected chi connectivity index (χ4v) is 10.0. The van der Waals surface area contributed by atoms with Crippen molar-refractivity contribution >= 4 is 65.4 Å². The summed E-state index contributed by atoms with van der Waals surface area (Å²) in [5.41, 5.74) is 17.5. The molecule has 0 aliphatic carbocycles. The van der Waals surface area contributed by atoms with E-state index < -0.39 is 0 Å². The van der Waals surface area contributed by atoms with E-state index in [9.17, 15) is 0 Å². The number of rotatable bonds is 6. The van der Waals surface area contributed by atoms with E-state index in [1.165, 1.54) is 82.2 Å². The van der Waals surface area contributed by atoms with E-state index in [0.29, 0.717) is 0 Å². The van der Waals surface area contributed by atoms with Crippen molar-refractivity contribution < 1.29 is 0 Å². The van der Waals surface area contributed by atoms with E-state index in [-0.39, 0.29) is 0 Å². The predicted molar refractivity (Wildman–Crippen MR) is 264 cm³/mol. The average molecular weight is 803 g/mol. The summed E-state index contributed by atoms with van der Waals surface area (Å²) in [7, 11) is 0. The van der Waals surface area contributed by atoms with Gasteiger partial charge in [-0.2, -0.15) is 0 Å². The molecule has 0 unspecified atom stereocenters. The van der Waals surface area contributed by atoms with Gasteiger partial charge in [0.25, 0.3) is 0 Å². The van der Waals surface area contributed by atoms with Crippen molar-refractivity contribution in [2.75, 3.05) is 0 Å². The fourth-order valence-electron chi connectivity index (χ4n) is 10.0. The van der Waals surface area contributed by atoms with Gasteiger partial charge in [-0.1, -0.05) is 121 Å². The lowest BCUT2D eigenvalue weighted by atomic mass is 10.00. The van der Waals surface area contributed by atoms with Crippen molar-refractivity contribution in [2.45, 2.75) is 0 Å². The topological polar surface area (TPSA) is 27.7 Å². The lowest BCUT2D eigenvalue weighted by molar-refractivity contribution is 1.18. The van der Waals surface area contributed by atoms with Gasteiger partial charge in [0.2, 0.25) is 0 Å². The van der Waals surface area contributed by atoms with Gasteiger partial charge < -0.3 is 13.7 Å². The zero-order chi connectivity index (χ0) is 41.4. The maximum Gasteiger partial charge on any atom is 0.0541 e. The molecule has 0 bridgehead atoms. The van der Waals surface area contributed by atoms with Crippen molar-refractivity contribution in [2.24, 2.45) is 0 Å². The van der Waals surface area contributed by atoms with Gasteiger partial charge in [-0.25, -0.2) is 0 Å². The third-order valence-corrected chi connectivity index (χ3v) is 12.9. The number of aromatic nitrogens is 4. The standard InChI is InChI=1S/C59H38N4/c1-3-13-45(14-4-1)61-54-20-10-7-17-48(54)51-34-40(25-30-57(51)61)41-26-31-59-52(35-41)49-18-9-12-22-56(49)63(59)47-28-23-39(24-29-47)43-33-44(38-60-37-43)42-27-32-58-53(36-42)50-19-8-11-21-55(50)62(58)46-15-5-2-6-16-46/h1-38H. The van der Waals surface area contributed by atoms with Gasteiger partial charge in [0.05, 0.1) is 33.1 Å². The van der Waals surface area contributed by atoms with E-state index >= 15 is 0 Å². The average Bonchev–Trinajstić information content (AvgIpc) is 3.99. The molecule has 0 saturated heterocycles. The molecular weight excluding hydrogens is 765 g/mol. The molecule has 4 heterocycles. The number of benzene rings is 9. The maximum absolute atomic E-state index is 4.75. The van der Waals surface area contributed by atoms with Gasteiger partial charge in [-0.15, -0.1) is 0 Å². The van der Waals surface area contributed by atoms with Crippen LogP contribution in [0.3, 0.4) is 0 Å². The zero-order valence-electron chi connectivity index (χ0n) is 34.2. The van der Waals surface area contributed by atoms with E-state index in [4.69, 9.17) is 4.98 Å². The molecule has 9 aromatic carbocycles. The number of nitrogens with zero attached hydrogens (tertiary/aromatic N) is 4. The van der Waals surface area contributed by atoms with E-state index in [1.807, 2.05) is 12.4 Å². The van der Waals surface area contributed by atoms with Crippen LogP contribution in [0.1, 0.15) is 0 Å². The Balaban J connectivity index is 0.860. The van der Waals surface area contributed by atoms with Gasteiger partial charge in [-0.3, -0.25) is 4.98 Å². The molecule has 0 aliphatic rings. The highest BCUT2D eigenvalue weighted by Crippen LogP contribution is 2.40. The van der Waals surface area contributed by atoms with Crippen LogP contribution in [-0.4, -0.2) is 18.7 Å². The number of pyridine rings is 1. The molecule has 0 spiro atoms. The van der Waals surface area contributed by atoms with Crippen molar-refractivity contribution in [1.82, 2.24) is 18.7 Å². The monoisotopic (exact) mass is 802 g/mol. The Kier molecular flexibility index (Phi) is 7.87. The minimum Gasteiger partial charge on any atom is -0.309 e. The highest BCUT2D eigenvalue weighted by Gasteiger charge is 2.17. The molecule has 0 fully saturated rings. The lowest BCUT2D eigenvalue weighted by Gasteiger charge is -2.11. The molecular formula is C59H38N4. The normalized spacial score (nSPS) is 11.8. The highest BCUT2D eigenvalue weighted by molar-refractivity contribution is 6.13. The Morgan fingerprint density at radius 2 is 0.540 bits per heavy atom. The van der Waals surface area contributed by atoms with Gasteiger partial charge in [0, 0.05) is 72.9 Å². The number of fused-ring (bicyclic) bond motifs is 9. The minimum atomic E-state index is 1.08. The Morgan fingerprint density at radius 3 is 0.968 bits per heavy atom. The maximum atomic E-state index is 4.75. The lowest BCUT2D eigenvalue weighted by Crippen LogP contribution is -1.94. The Hall–Kier alpha value is -8.47. The number of para-hydroxylation sites is 5. The first-order valence-corrected chi connectivity index (χ1v) is 21.5. The van der Waals surface area contributed by atoms with Crippen LogP contribution in [0.5, 0.6) is 0 Å². The fraction of sp³-hybridized carbons (Fsp3) is 0. The summed E-state index contributed by atoms with van der Waals surface area (Å²) >= 11 is 0. The largest absolute Gasteiger partial charge is 0.309 e. The molecule has 63 heavy (non-hydrogen) atoms. The molecule has 0 radical (unpaired) electrons. The molecule has 0 saturated carbocycles. The van der Waals surface area contributed by atoms with Crippen LogP contribution in [0, 0.1) is 0 Å². The third kappa shape index (κ3) is 5.59. The van der Waals surface area contributed by atoms with Crippen molar-refractivity contribution in [3.05, 3.63) is 231 Å². The van der Waals surface area contributed by atoms with Crippen LogP contribution in [0.2, 0.25) is 0 Å². The van der Waals surface area contributed by atoms with Crippen LogP contribution in [-0.2, 0) is 0 Å². The van der Waals surface area contributed by atoms with Gasteiger partial charge in [0.15, 0.2) is 0 Å². The summed E-state index contributed by atoms with van der Waals surface area (Å²) in [6.07, 6.45) is 3.94. The molecule has 4 heteroatoms. The summed E-state index contributed by atoms with van der Waals surface area (Å²) in [5.74, 6) is 0. The second-order valence-electron chi connectivity index (χ2n) is 16.4. The predicted octanol–water partition coefficient (Wildman–Crippen LogP) is 15.4.